The first-order valence-electron chi connectivity index (χ1n) is 8.26. The van der Waals surface area contributed by atoms with Crippen LogP contribution in [0.25, 0.3) is 0 Å². The lowest BCUT2D eigenvalue weighted by atomic mass is 9.96. The van der Waals surface area contributed by atoms with Gasteiger partial charge in [0.15, 0.2) is 0 Å². The quantitative estimate of drug-likeness (QED) is 0.818. The summed E-state index contributed by atoms with van der Waals surface area (Å²) in [6.45, 7) is 1.70. The van der Waals surface area contributed by atoms with Crippen LogP contribution in [0.5, 0.6) is 5.75 Å². The van der Waals surface area contributed by atoms with Crippen molar-refractivity contribution in [3.8, 4) is 17.6 Å². The van der Waals surface area contributed by atoms with Crippen molar-refractivity contribution in [1.29, 1.82) is 0 Å². The summed E-state index contributed by atoms with van der Waals surface area (Å²) in [5.74, 6) is 5.01. The maximum Gasteiger partial charge on any atom is 0.304 e. The topological polar surface area (TPSA) is 46.5 Å². The van der Waals surface area contributed by atoms with Crippen LogP contribution in [0, 0.1) is 17.7 Å². The normalized spacial score (nSPS) is 16.5. The van der Waals surface area contributed by atoms with Crippen LogP contribution in [0.2, 0.25) is 0 Å². The fraction of sp³-hybridized carbons (Fsp3) is 0.286. The standard InChI is InChI=1S/C21H19FO3/c1-2-3-15(13-21(23)24)14-4-8-18(9-5-14)25-20-11-6-16-12-17(22)7-10-19(16)20/h4-5,7-10,12,15,20H,6,11,13H2,1H3,(H,23,24). The summed E-state index contributed by atoms with van der Waals surface area (Å²) in [6, 6.07) is 12.2. The Morgan fingerprint density at radius 1 is 1.32 bits per heavy atom. The molecule has 0 heterocycles. The lowest BCUT2D eigenvalue weighted by molar-refractivity contribution is -0.137. The Morgan fingerprint density at radius 2 is 2.08 bits per heavy atom. The molecule has 3 rings (SSSR count). The SMILES string of the molecule is CC#CC(CC(=O)O)c1ccc(OC2CCc3cc(F)ccc32)cc1. The van der Waals surface area contributed by atoms with E-state index in [-0.39, 0.29) is 24.3 Å². The van der Waals surface area contributed by atoms with Gasteiger partial charge in [0, 0.05) is 0 Å². The summed E-state index contributed by atoms with van der Waals surface area (Å²) >= 11 is 0. The molecule has 3 nitrogen and oxygen atoms in total. The second-order valence-corrected chi connectivity index (χ2v) is 6.10. The molecular formula is C21H19FO3. The van der Waals surface area contributed by atoms with Crippen LogP contribution >= 0.6 is 0 Å². The van der Waals surface area contributed by atoms with Gasteiger partial charge in [-0.3, -0.25) is 4.79 Å². The van der Waals surface area contributed by atoms with E-state index in [9.17, 15) is 9.18 Å². The summed E-state index contributed by atoms with van der Waals surface area (Å²) in [5.41, 5.74) is 2.89. The van der Waals surface area contributed by atoms with E-state index in [0.717, 1.165) is 29.5 Å². The van der Waals surface area contributed by atoms with E-state index in [0.29, 0.717) is 5.75 Å². The summed E-state index contributed by atoms with van der Waals surface area (Å²) in [4.78, 5) is 11.0. The summed E-state index contributed by atoms with van der Waals surface area (Å²) in [5, 5.41) is 9.01. The van der Waals surface area contributed by atoms with Crippen LogP contribution in [-0.2, 0) is 11.2 Å². The maximum atomic E-state index is 13.3. The van der Waals surface area contributed by atoms with Crippen molar-refractivity contribution >= 4 is 5.97 Å². The lowest BCUT2D eigenvalue weighted by Crippen LogP contribution is -2.06. The molecule has 4 heteroatoms. The van der Waals surface area contributed by atoms with Crippen LogP contribution in [0.15, 0.2) is 42.5 Å². The third kappa shape index (κ3) is 4.00. The molecular weight excluding hydrogens is 319 g/mol. The van der Waals surface area contributed by atoms with Crippen molar-refractivity contribution in [1.82, 2.24) is 0 Å². The first-order chi connectivity index (χ1) is 12.1. The van der Waals surface area contributed by atoms with Crippen LogP contribution in [0.4, 0.5) is 4.39 Å². The Hall–Kier alpha value is -2.80. The van der Waals surface area contributed by atoms with E-state index < -0.39 is 5.97 Å². The number of aryl methyl sites for hydroxylation is 1. The second-order valence-electron chi connectivity index (χ2n) is 6.10. The van der Waals surface area contributed by atoms with Gasteiger partial charge in [-0.05, 0) is 60.7 Å². The zero-order valence-electron chi connectivity index (χ0n) is 14.0. The molecule has 0 radical (unpaired) electrons. The largest absolute Gasteiger partial charge is 0.486 e. The van der Waals surface area contributed by atoms with Gasteiger partial charge >= 0.3 is 5.97 Å². The van der Waals surface area contributed by atoms with Crippen LogP contribution < -0.4 is 4.74 Å². The van der Waals surface area contributed by atoms with E-state index >= 15 is 0 Å². The van der Waals surface area contributed by atoms with Crippen LogP contribution in [-0.4, -0.2) is 11.1 Å². The number of fused-ring (bicyclic) bond motifs is 1. The second kappa shape index (κ2) is 7.40. The van der Waals surface area contributed by atoms with Crippen molar-refractivity contribution < 1.29 is 19.0 Å². The zero-order valence-corrected chi connectivity index (χ0v) is 14.0. The van der Waals surface area contributed by atoms with E-state index in [1.807, 2.05) is 24.3 Å². The Bertz CT molecular complexity index is 830. The number of benzene rings is 2. The molecule has 0 fully saturated rings. The highest BCUT2D eigenvalue weighted by molar-refractivity contribution is 5.69. The number of carbonyl (C=O) groups is 1. The smallest absolute Gasteiger partial charge is 0.304 e. The van der Waals surface area contributed by atoms with Gasteiger partial charge in [0.1, 0.15) is 17.7 Å². The first-order valence-corrected chi connectivity index (χ1v) is 8.26. The summed E-state index contributed by atoms with van der Waals surface area (Å²) < 4.78 is 19.3. The molecule has 1 aliphatic carbocycles. The molecule has 1 N–H and O–H groups in total. The van der Waals surface area contributed by atoms with Gasteiger partial charge < -0.3 is 9.84 Å². The van der Waals surface area contributed by atoms with E-state index in [1.54, 1.807) is 19.1 Å². The number of carboxylic acid groups (broad SMARTS) is 1. The average Bonchev–Trinajstić information content (AvgIpc) is 2.97. The first kappa shape index (κ1) is 17.0. The van der Waals surface area contributed by atoms with Gasteiger partial charge in [-0.25, -0.2) is 4.39 Å². The monoisotopic (exact) mass is 338 g/mol. The number of rotatable bonds is 5. The number of hydrogen-bond acceptors (Lipinski definition) is 2. The molecule has 0 bridgehead atoms. The molecule has 1 aliphatic rings. The van der Waals surface area contributed by atoms with Crippen molar-refractivity contribution in [2.75, 3.05) is 0 Å². The van der Waals surface area contributed by atoms with Gasteiger partial charge in [0.2, 0.25) is 0 Å². The minimum Gasteiger partial charge on any atom is -0.486 e. The van der Waals surface area contributed by atoms with Crippen molar-refractivity contribution in [3.05, 3.63) is 65.0 Å². The average molecular weight is 338 g/mol. The fourth-order valence-electron chi connectivity index (χ4n) is 3.21. The predicted octanol–water partition coefficient (Wildman–Crippen LogP) is 4.47. The molecule has 0 amide bonds. The highest BCUT2D eigenvalue weighted by Gasteiger charge is 2.24. The number of hydrogen-bond donors (Lipinski definition) is 1. The molecule has 0 saturated carbocycles. The molecule has 2 aromatic carbocycles. The maximum absolute atomic E-state index is 13.3. The molecule has 0 saturated heterocycles. The third-order valence-electron chi connectivity index (χ3n) is 4.39. The Kier molecular flexibility index (Phi) is 5.04. The summed E-state index contributed by atoms with van der Waals surface area (Å²) in [7, 11) is 0. The van der Waals surface area contributed by atoms with E-state index in [2.05, 4.69) is 11.8 Å². The van der Waals surface area contributed by atoms with Crippen LogP contribution in [0.3, 0.4) is 0 Å². The number of carboxylic acids is 1. The molecule has 128 valence electrons. The Labute approximate surface area is 146 Å². The van der Waals surface area contributed by atoms with Gasteiger partial charge in [-0.1, -0.05) is 24.1 Å². The predicted molar refractivity (Wildman–Crippen MR) is 93.0 cm³/mol. The third-order valence-corrected chi connectivity index (χ3v) is 4.39. The number of aliphatic carboxylic acids is 1. The lowest BCUT2D eigenvalue weighted by Gasteiger charge is -2.16. The molecule has 25 heavy (non-hydrogen) atoms. The molecule has 2 aromatic rings. The Balaban J connectivity index is 1.73. The van der Waals surface area contributed by atoms with Crippen LogP contribution in [0.1, 0.15) is 48.5 Å². The molecule has 2 atom stereocenters. The van der Waals surface area contributed by atoms with Crippen molar-refractivity contribution in [2.24, 2.45) is 0 Å². The van der Waals surface area contributed by atoms with E-state index in [4.69, 9.17) is 9.84 Å². The van der Waals surface area contributed by atoms with Crippen molar-refractivity contribution in [3.63, 3.8) is 0 Å². The minimum absolute atomic E-state index is 0.0252. The zero-order chi connectivity index (χ0) is 17.8. The molecule has 0 aliphatic heterocycles. The van der Waals surface area contributed by atoms with Gasteiger partial charge in [0.05, 0.1) is 12.3 Å². The van der Waals surface area contributed by atoms with Gasteiger partial charge in [-0.2, -0.15) is 0 Å². The molecule has 2 unspecified atom stereocenters. The van der Waals surface area contributed by atoms with Gasteiger partial charge in [-0.15, -0.1) is 5.92 Å². The van der Waals surface area contributed by atoms with Crippen molar-refractivity contribution in [2.45, 2.75) is 38.2 Å². The Morgan fingerprint density at radius 3 is 2.76 bits per heavy atom. The highest BCUT2D eigenvalue weighted by Crippen LogP contribution is 2.35. The summed E-state index contributed by atoms with van der Waals surface area (Å²) in [6.07, 6.45) is 1.53. The van der Waals surface area contributed by atoms with E-state index in [1.165, 1.54) is 6.07 Å². The van der Waals surface area contributed by atoms with Gasteiger partial charge in [0.25, 0.3) is 0 Å². The minimum atomic E-state index is -0.872. The molecule has 0 aromatic heterocycles. The fourth-order valence-corrected chi connectivity index (χ4v) is 3.21. The number of halogens is 1. The highest BCUT2D eigenvalue weighted by atomic mass is 19.1. The number of ether oxygens (including phenoxy) is 1. The molecule has 0 spiro atoms.